The lowest BCUT2D eigenvalue weighted by atomic mass is 10.1. The number of amides is 2. The molecule has 7 heteroatoms. The largest absolute Gasteiger partial charge is 0.490 e. The van der Waals surface area contributed by atoms with Crippen LogP contribution >= 0.6 is 0 Å². The first-order valence-corrected chi connectivity index (χ1v) is 11.5. The fraction of sp³-hybridized carbons (Fsp3) is 0.103. The lowest BCUT2D eigenvalue weighted by Gasteiger charge is -2.12. The van der Waals surface area contributed by atoms with E-state index in [1.807, 2.05) is 78.9 Å². The number of hydrazine groups is 1. The Morgan fingerprint density at radius 3 is 2.03 bits per heavy atom. The van der Waals surface area contributed by atoms with E-state index in [1.54, 1.807) is 30.3 Å². The van der Waals surface area contributed by atoms with Gasteiger partial charge in [-0.3, -0.25) is 20.4 Å². The van der Waals surface area contributed by atoms with E-state index in [2.05, 4.69) is 10.9 Å². The van der Waals surface area contributed by atoms with Crippen molar-refractivity contribution in [1.29, 1.82) is 0 Å². The zero-order valence-electron chi connectivity index (χ0n) is 19.6. The molecule has 0 saturated heterocycles. The molecule has 0 aliphatic rings. The molecule has 0 radical (unpaired) electrons. The summed E-state index contributed by atoms with van der Waals surface area (Å²) in [6.45, 7) is 0.428. The molecule has 4 aromatic carbocycles. The van der Waals surface area contributed by atoms with Crippen LogP contribution in [0.5, 0.6) is 17.2 Å². The minimum Gasteiger partial charge on any atom is -0.490 e. The number of ether oxygens (including phenoxy) is 3. The number of carbonyl (C=O) groups excluding carboxylic acids is 2. The van der Waals surface area contributed by atoms with Gasteiger partial charge in [0, 0.05) is 11.1 Å². The van der Waals surface area contributed by atoms with E-state index < -0.39 is 11.8 Å². The van der Waals surface area contributed by atoms with Crippen molar-refractivity contribution in [1.82, 2.24) is 10.9 Å². The fourth-order valence-electron chi connectivity index (χ4n) is 3.39. The minimum atomic E-state index is -0.489. The Morgan fingerprint density at radius 2 is 1.25 bits per heavy atom. The monoisotopic (exact) mass is 482 g/mol. The van der Waals surface area contributed by atoms with Crippen molar-refractivity contribution in [2.75, 3.05) is 19.8 Å². The summed E-state index contributed by atoms with van der Waals surface area (Å²) in [5, 5.41) is 0. The highest BCUT2D eigenvalue weighted by Crippen LogP contribution is 2.29. The molecule has 0 fully saturated rings. The highest BCUT2D eigenvalue weighted by molar-refractivity contribution is 5.95. The minimum absolute atomic E-state index is 0.255. The Kier molecular flexibility index (Phi) is 8.53. The van der Waals surface area contributed by atoms with Gasteiger partial charge in [0.1, 0.15) is 30.5 Å². The second-order valence-corrected chi connectivity index (χ2v) is 7.69. The summed E-state index contributed by atoms with van der Waals surface area (Å²) in [7, 11) is 0. The van der Waals surface area contributed by atoms with Crippen LogP contribution in [0.15, 0.2) is 109 Å². The molecule has 7 nitrogen and oxygen atoms in total. The third-order valence-electron chi connectivity index (χ3n) is 5.11. The van der Waals surface area contributed by atoms with E-state index in [1.165, 1.54) is 0 Å². The Hall–Kier alpha value is -4.78. The van der Waals surface area contributed by atoms with Gasteiger partial charge >= 0.3 is 0 Å². The zero-order valence-corrected chi connectivity index (χ0v) is 19.6. The van der Waals surface area contributed by atoms with E-state index in [9.17, 15) is 9.59 Å². The molecule has 0 atom stereocenters. The molecule has 36 heavy (non-hydrogen) atoms. The van der Waals surface area contributed by atoms with Crippen LogP contribution in [0.2, 0.25) is 0 Å². The van der Waals surface area contributed by atoms with E-state index >= 15 is 0 Å². The molecular weight excluding hydrogens is 456 g/mol. The molecule has 0 aromatic heterocycles. The average Bonchev–Trinajstić information content (AvgIpc) is 2.94. The van der Waals surface area contributed by atoms with Crippen molar-refractivity contribution in [3.8, 4) is 28.4 Å². The second kappa shape index (κ2) is 12.6. The summed E-state index contributed by atoms with van der Waals surface area (Å²) in [5.74, 6) is 0.894. The van der Waals surface area contributed by atoms with Crippen LogP contribution in [-0.2, 0) is 4.79 Å². The number of rotatable bonds is 10. The quantitative estimate of drug-likeness (QED) is 0.254. The van der Waals surface area contributed by atoms with E-state index in [0.29, 0.717) is 30.3 Å². The van der Waals surface area contributed by atoms with Gasteiger partial charge in [0.2, 0.25) is 0 Å². The number of nitrogens with one attached hydrogen (secondary N) is 2. The van der Waals surface area contributed by atoms with Gasteiger partial charge in [-0.2, -0.15) is 0 Å². The Bertz CT molecular complexity index is 1280. The summed E-state index contributed by atoms with van der Waals surface area (Å²) >= 11 is 0. The standard InChI is InChI=1S/C29H26N2O5/c32-28(21-36-27-17-8-7-16-26(27)22-10-3-1-4-11-22)30-31-29(33)23-12-9-15-25(20-23)35-19-18-34-24-13-5-2-6-14-24/h1-17,20H,18-19,21H2,(H,30,32)(H,31,33). The smallest absolute Gasteiger partial charge is 0.276 e. The zero-order chi connectivity index (χ0) is 25.0. The molecule has 182 valence electrons. The normalized spacial score (nSPS) is 10.2. The lowest BCUT2D eigenvalue weighted by molar-refractivity contribution is -0.123. The molecule has 2 amide bonds. The van der Waals surface area contributed by atoms with Gasteiger partial charge < -0.3 is 14.2 Å². The number of hydrogen-bond acceptors (Lipinski definition) is 5. The molecule has 0 unspecified atom stereocenters. The first-order chi connectivity index (χ1) is 17.7. The molecule has 0 spiro atoms. The van der Waals surface area contributed by atoms with Gasteiger partial charge in [-0.1, -0.05) is 72.8 Å². The summed E-state index contributed by atoms with van der Waals surface area (Å²) in [6, 6.07) is 33.3. The summed E-state index contributed by atoms with van der Waals surface area (Å²) in [4.78, 5) is 24.8. The van der Waals surface area contributed by atoms with Crippen molar-refractivity contribution in [3.05, 3.63) is 115 Å². The van der Waals surface area contributed by atoms with Crippen molar-refractivity contribution in [2.24, 2.45) is 0 Å². The first kappa shape index (κ1) is 24.3. The second-order valence-electron chi connectivity index (χ2n) is 7.69. The molecular formula is C29H26N2O5. The highest BCUT2D eigenvalue weighted by Gasteiger charge is 2.11. The first-order valence-electron chi connectivity index (χ1n) is 11.5. The van der Waals surface area contributed by atoms with E-state index in [-0.39, 0.29) is 6.61 Å². The topological polar surface area (TPSA) is 85.9 Å². The third kappa shape index (κ3) is 7.11. The lowest BCUT2D eigenvalue weighted by Crippen LogP contribution is -2.43. The average molecular weight is 483 g/mol. The number of carbonyl (C=O) groups is 2. The van der Waals surface area contributed by atoms with Crippen molar-refractivity contribution in [2.45, 2.75) is 0 Å². The predicted molar refractivity (Wildman–Crippen MR) is 137 cm³/mol. The fourth-order valence-corrected chi connectivity index (χ4v) is 3.39. The van der Waals surface area contributed by atoms with Crippen LogP contribution in [0, 0.1) is 0 Å². The van der Waals surface area contributed by atoms with Crippen molar-refractivity contribution in [3.63, 3.8) is 0 Å². The van der Waals surface area contributed by atoms with Crippen LogP contribution in [0.1, 0.15) is 10.4 Å². The number of benzene rings is 4. The summed E-state index contributed by atoms with van der Waals surface area (Å²) < 4.78 is 17.0. The molecule has 0 aliphatic heterocycles. The Labute approximate surface area is 209 Å². The summed E-state index contributed by atoms with van der Waals surface area (Å²) in [5.41, 5.74) is 6.97. The van der Waals surface area contributed by atoms with Crippen LogP contribution in [0.4, 0.5) is 0 Å². The van der Waals surface area contributed by atoms with E-state index in [4.69, 9.17) is 14.2 Å². The molecule has 0 saturated carbocycles. The Balaban J connectivity index is 1.23. The maximum Gasteiger partial charge on any atom is 0.276 e. The molecule has 4 rings (SSSR count). The molecule has 2 N–H and O–H groups in total. The third-order valence-corrected chi connectivity index (χ3v) is 5.11. The number of hydrogen-bond donors (Lipinski definition) is 2. The van der Waals surface area contributed by atoms with Gasteiger partial charge in [-0.15, -0.1) is 0 Å². The van der Waals surface area contributed by atoms with Crippen LogP contribution in [0.3, 0.4) is 0 Å². The van der Waals surface area contributed by atoms with Crippen molar-refractivity contribution < 1.29 is 23.8 Å². The molecule has 4 aromatic rings. The molecule has 0 heterocycles. The van der Waals surface area contributed by atoms with E-state index in [0.717, 1.165) is 16.9 Å². The van der Waals surface area contributed by atoms with Gasteiger partial charge in [-0.25, -0.2) is 0 Å². The van der Waals surface area contributed by atoms with Gasteiger partial charge in [-0.05, 0) is 42.0 Å². The van der Waals surface area contributed by atoms with Gasteiger partial charge in [0.15, 0.2) is 6.61 Å². The maximum absolute atomic E-state index is 12.5. The highest BCUT2D eigenvalue weighted by atomic mass is 16.5. The Morgan fingerprint density at radius 1 is 0.611 bits per heavy atom. The van der Waals surface area contributed by atoms with Gasteiger partial charge in [0.25, 0.3) is 11.8 Å². The number of para-hydroxylation sites is 2. The summed E-state index contributed by atoms with van der Waals surface area (Å²) in [6.07, 6.45) is 0. The van der Waals surface area contributed by atoms with Gasteiger partial charge in [0.05, 0.1) is 0 Å². The van der Waals surface area contributed by atoms with Crippen LogP contribution in [0.25, 0.3) is 11.1 Å². The predicted octanol–water partition coefficient (Wildman–Crippen LogP) is 4.65. The molecule has 0 bridgehead atoms. The van der Waals surface area contributed by atoms with Crippen LogP contribution < -0.4 is 25.1 Å². The molecule has 0 aliphatic carbocycles. The SMILES string of the molecule is O=C(COc1ccccc1-c1ccccc1)NNC(=O)c1cccc(OCCOc2ccccc2)c1. The van der Waals surface area contributed by atoms with Crippen molar-refractivity contribution >= 4 is 11.8 Å². The van der Waals surface area contributed by atoms with Crippen LogP contribution in [-0.4, -0.2) is 31.6 Å². The maximum atomic E-state index is 12.5.